The number of benzene rings is 1. The molecule has 0 bridgehead atoms. The summed E-state index contributed by atoms with van der Waals surface area (Å²) in [6.07, 6.45) is 7.39. The summed E-state index contributed by atoms with van der Waals surface area (Å²) in [7, 11) is 1.96. The highest BCUT2D eigenvalue weighted by Crippen LogP contribution is 2.42. The monoisotopic (exact) mass is 439 g/mol. The van der Waals surface area contributed by atoms with Gasteiger partial charge in [-0.2, -0.15) is 0 Å². The number of nitrogens with one attached hydrogen (secondary N) is 1. The summed E-state index contributed by atoms with van der Waals surface area (Å²) < 4.78 is 4.16. The zero-order valence-corrected chi connectivity index (χ0v) is 18.5. The average molecular weight is 440 g/mol. The van der Waals surface area contributed by atoms with Crippen molar-refractivity contribution >= 4 is 39.4 Å². The van der Waals surface area contributed by atoms with Gasteiger partial charge in [-0.1, -0.05) is 24.3 Å². The van der Waals surface area contributed by atoms with Gasteiger partial charge in [0.15, 0.2) is 0 Å². The Morgan fingerprint density at radius 2 is 1.79 bits per heavy atom. The Bertz CT molecular complexity index is 1490. The number of carbonyl (C=O) groups excluding carboxylic acids is 2. The molecule has 6 rings (SSSR count). The second-order valence-electron chi connectivity index (χ2n) is 9.08. The van der Waals surface area contributed by atoms with E-state index in [0.29, 0.717) is 17.1 Å². The fourth-order valence-corrected chi connectivity index (χ4v) is 5.74. The van der Waals surface area contributed by atoms with E-state index in [-0.39, 0.29) is 18.4 Å². The predicted octanol–water partition coefficient (Wildman–Crippen LogP) is 3.49. The first-order valence-electron chi connectivity index (χ1n) is 11.4. The molecule has 0 spiro atoms. The van der Waals surface area contributed by atoms with Crippen LogP contribution in [0.1, 0.15) is 35.2 Å². The molecule has 33 heavy (non-hydrogen) atoms. The average Bonchev–Trinajstić information content (AvgIpc) is 3.42. The zero-order valence-electron chi connectivity index (χ0n) is 18.5. The molecule has 4 heterocycles. The lowest BCUT2D eigenvalue weighted by Gasteiger charge is -2.23. The third kappa shape index (κ3) is 2.91. The number of pyridine rings is 1. The van der Waals surface area contributed by atoms with Gasteiger partial charge >= 0.3 is 0 Å². The molecule has 0 radical (unpaired) electrons. The van der Waals surface area contributed by atoms with Gasteiger partial charge in [-0.05, 0) is 55.4 Å². The summed E-state index contributed by atoms with van der Waals surface area (Å²) in [5, 5.41) is 13.0. The number of fused-ring (bicyclic) bond motifs is 4. The Balaban J connectivity index is 1.65. The van der Waals surface area contributed by atoms with Crippen LogP contribution >= 0.6 is 0 Å². The van der Waals surface area contributed by atoms with Gasteiger partial charge in [0.1, 0.15) is 0 Å². The minimum absolute atomic E-state index is 0.184. The maximum atomic E-state index is 13.3. The summed E-state index contributed by atoms with van der Waals surface area (Å²) in [6, 6.07) is 13.9. The predicted molar refractivity (Wildman–Crippen MR) is 127 cm³/mol. The van der Waals surface area contributed by atoms with Crippen molar-refractivity contribution in [1.82, 2.24) is 14.3 Å². The molecule has 2 amide bonds. The molecule has 1 unspecified atom stereocenters. The molecule has 1 aromatic carbocycles. The van der Waals surface area contributed by atoms with E-state index in [1.165, 1.54) is 5.69 Å². The lowest BCUT2D eigenvalue weighted by molar-refractivity contribution is -0.122. The van der Waals surface area contributed by atoms with Gasteiger partial charge < -0.3 is 14.1 Å². The summed E-state index contributed by atoms with van der Waals surface area (Å²) in [6.45, 7) is 0.184. The van der Waals surface area contributed by atoms with Gasteiger partial charge in [-0.25, -0.2) is 0 Å². The number of para-hydroxylation sites is 1. The van der Waals surface area contributed by atoms with Crippen molar-refractivity contribution in [3.05, 3.63) is 77.2 Å². The number of aromatic nitrogens is 2. The highest BCUT2D eigenvalue weighted by atomic mass is 16.3. The summed E-state index contributed by atoms with van der Waals surface area (Å²) >= 11 is 0. The third-order valence-electron chi connectivity index (χ3n) is 7.23. The minimum atomic E-state index is -0.343. The van der Waals surface area contributed by atoms with Gasteiger partial charge in [0.25, 0.3) is 11.8 Å². The molecule has 4 aromatic rings. The Morgan fingerprint density at radius 3 is 2.64 bits per heavy atom. The number of carbonyl (C=O) groups is 2. The Morgan fingerprint density at radius 1 is 1.03 bits per heavy atom. The number of nitrogens with zero attached hydrogens (tertiary/aromatic N) is 2. The molecule has 0 saturated heterocycles. The van der Waals surface area contributed by atoms with Crippen molar-refractivity contribution in [1.29, 1.82) is 0 Å². The lowest BCUT2D eigenvalue weighted by Crippen LogP contribution is -2.23. The van der Waals surface area contributed by atoms with Crippen molar-refractivity contribution in [3.63, 3.8) is 0 Å². The quantitative estimate of drug-likeness (QED) is 0.478. The van der Waals surface area contributed by atoms with Crippen LogP contribution in [0.2, 0.25) is 0 Å². The topological polar surface area (TPSA) is 75.7 Å². The number of hydrogen-bond donors (Lipinski definition) is 2. The van der Waals surface area contributed by atoms with Crippen LogP contribution in [0.4, 0.5) is 0 Å². The normalized spacial score (nSPS) is 18.4. The van der Waals surface area contributed by atoms with E-state index in [1.54, 1.807) is 0 Å². The zero-order chi connectivity index (χ0) is 22.7. The van der Waals surface area contributed by atoms with Gasteiger partial charge in [0.05, 0.1) is 16.7 Å². The molecule has 0 fully saturated rings. The first kappa shape index (κ1) is 20.0. The van der Waals surface area contributed by atoms with Crippen LogP contribution in [0.15, 0.2) is 54.9 Å². The first-order valence-corrected chi connectivity index (χ1v) is 11.4. The lowest BCUT2D eigenvalue weighted by atomic mass is 9.82. The van der Waals surface area contributed by atoms with Crippen LogP contribution in [0.3, 0.4) is 0 Å². The molecular weight excluding hydrogens is 414 g/mol. The molecule has 1 aliphatic heterocycles. The second-order valence-corrected chi connectivity index (χ2v) is 9.08. The Labute approximate surface area is 191 Å². The van der Waals surface area contributed by atoms with E-state index >= 15 is 0 Å². The van der Waals surface area contributed by atoms with Gasteiger partial charge in [0.2, 0.25) is 0 Å². The van der Waals surface area contributed by atoms with E-state index in [2.05, 4.69) is 9.72 Å². The van der Waals surface area contributed by atoms with Crippen molar-refractivity contribution < 1.29 is 14.7 Å². The standard InChI is InChI=1S/C27H25N3O3/c1-29-15-19(17-6-2-3-7-20(17)29)24-25(27(33)28-26(24)32)23-18-10-9-16(11-13-31)14-22(18)30-12-5-4-8-21(23)30/h2-8,12,15-16,31H,9-11,13-14H2,1H3,(H,28,32,33). The number of hydrogen-bond acceptors (Lipinski definition) is 3. The first-order chi connectivity index (χ1) is 16.1. The third-order valence-corrected chi connectivity index (χ3v) is 7.23. The summed E-state index contributed by atoms with van der Waals surface area (Å²) in [4.78, 5) is 26.4. The van der Waals surface area contributed by atoms with Crippen LogP contribution in [-0.2, 0) is 29.5 Å². The number of amides is 2. The molecule has 0 saturated carbocycles. The molecule has 166 valence electrons. The molecule has 3 aromatic heterocycles. The molecule has 2 N–H and O–H groups in total. The van der Waals surface area contributed by atoms with Crippen molar-refractivity contribution in [2.24, 2.45) is 13.0 Å². The number of aliphatic hydroxyl groups is 1. The van der Waals surface area contributed by atoms with E-state index in [4.69, 9.17) is 0 Å². The minimum Gasteiger partial charge on any atom is -0.396 e. The van der Waals surface area contributed by atoms with Gasteiger partial charge in [-0.3, -0.25) is 14.9 Å². The Kier molecular flexibility index (Phi) is 4.52. The van der Waals surface area contributed by atoms with E-state index < -0.39 is 0 Å². The molecular formula is C27H25N3O3. The molecule has 6 nitrogen and oxygen atoms in total. The highest BCUT2D eigenvalue weighted by Gasteiger charge is 2.38. The largest absolute Gasteiger partial charge is 0.396 e. The second kappa shape index (κ2) is 7.46. The van der Waals surface area contributed by atoms with Gasteiger partial charge in [-0.15, -0.1) is 0 Å². The van der Waals surface area contributed by atoms with Gasteiger partial charge in [0, 0.05) is 53.8 Å². The molecule has 6 heteroatoms. The maximum Gasteiger partial charge on any atom is 0.259 e. The van der Waals surface area contributed by atoms with Crippen LogP contribution in [0.25, 0.3) is 27.6 Å². The Hall–Kier alpha value is -3.64. The maximum absolute atomic E-state index is 13.3. The van der Waals surface area contributed by atoms with Crippen LogP contribution in [0, 0.1) is 5.92 Å². The van der Waals surface area contributed by atoms with Crippen LogP contribution in [0.5, 0.6) is 0 Å². The molecule has 1 atom stereocenters. The number of aryl methyl sites for hydroxylation is 1. The van der Waals surface area contributed by atoms with Crippen molar-refractivity contribution in [2.75, 3.05) is 6.61 Å². The summed E-state index contributed by atoms with van der Waals surface area (Å²) in [5.41, 5.74) is 6.88. The highest BCUT2D eigenvalue weighted by molar-refractivity contribution is 6.50. The smallest absolute Gasteiger partial charge is 0.259 e. The van der Waals surface area contributed by atoms with E-state index in [0.717, 1.165) is 58.8 Å². The number of imide groups is 1. The molecule has 1 aliphatic carbocycles. The fraction of sp³-hybridized carbons (Fsp3) is 0.259. The van der Waals surface area contributed by atoms with E-state index in [9.17, 15) is 14.7 Å². The van der Waals surface area contributed by atoms with Crippen LogP contribution in [-0.4, -0.2) is 32.5 Å². The fourth-order valence-electron chi connectivity index (χ4n) is 5.74. The van der Waals surface area contributed by atoms with Crippen LogP contribution < -0.4 is 5.32 Å². The molecule has 2 aliphatic rings. The number of rotatable bonds is 4. The van der Waals surface area contributed by atoms with E-state index in [1.807, 2.05) is 66.5 Å². The van der Waals surface area contributed by atoms with Crippen molar-refractivity contribution in [2.45, 2.75) is 25.7 Å². The number of aliphatic hydroxyl groups excluding tert-OH is 1. The van der Waals surface area contributed by atoms with Crippen molar-refractivity contribution in [3.8, 4) is 0 Å². The summed E-state index contributed by atoms with van der Waals surface area (Å²) in [5.74, 6) is -0.261. The SMILES string of the molecule is Cn1cc(C2=C(c3c4c(n5ccccc35)CC(CCO)CC4)C(=O)NC2=O)c2ccccc21.